The van der Waals surface area contributed by atoms with Crippen molar-refractivity contribution in [1.29, 1.82) is 0 Å². The number of nitrogens with one attached hydrogen (secondary N) is 1. The van der Waals surface area contributed by atoms with Crippen molar-refractivity contribution in [2.75, 3.05) is 46.6 Å². The molecule has 37 heavy (non-hydrogen) atoms. The van der Waals surface area contributed by atoms with E-state index in [0.717, 1.165) is 28.3 Å². The minimum Gasteiger partial charge on any atom is -0.492 e. The smallest absolute Gasteiger partial charge is 0.482 e. The van der Waals surface area contributed by atoms with Crippen molar-refractivity contribution in [2.45, 2.75) is 25.5 Å². The number of hydrogen-bond donors (Lipinski definition) is 2. The monoisotopic (exact) mass is 543 g/mol. The molecule has 2 amide bonds. The average molecular weight is 544 g/mol. The lowest BCUT2D eigenvalue weighted by molar-refractivity contribution is -0.204. The summed E-state index contributed by atoms with van der Waals surface area (Å²) in [7, 11) is -0.781. The number of aliphatic imine (C=N–C) groups is 1. The second kappa shape index (κ2) is 11.4. The summed E-state index contributed by atoms with van der Waals surface area (Å²) >= 11 is 0. The fourth-order valence-electron chi connectivity index (χ4n) is 3.79. The largest absolute Gasteiger partial charge is 0.492 e. The van der Waals surface area contributed by atoms with Crippen LogP contribution < -0.4 is 20.5 Å². The van der Waals surface area contributed by atoms with Crippen molar-refractivity contribution >= 4 is 27.5 Å². The summed E-state index contributed by atoms with van der Waals surface area (Å²) in [4.78, 5) is 29.9. The average Bonchev–Trinajstić information content (AvgIpc) is 3.70. The molecule has 14 heteroatoms. The maximum atomic E-state index is 14.8. The van der Waals surface area contributed by atoms with Gasteiger partial charge in [-0.2, -0.15) is 13.1 Å². The minimum atomic E-state index is -4.24. The van der Waals surface area contributed by atoms with E-state index >= 15 is 0 Å². The second-order valence-corrected chi connectivity index (χ2v) is 10.7. The molecule has 2 aliphatic rings. The number of hydrogen-bond acceptors (Lipinski definition) is 8. The Balaban J connectivity index is 1.67. The highest BCUT2D eigenvalue weighted by Crippen LogP contribution is 2.36. The van der Waals surface area contributed by atoms with Crippen LogP contribution in [0.4, 0.5) is 8.78 Å². The number of halogens is 2. The number of carbonyl (C=O) groups is 2. The third-order valence-electron chi connectivity index (χ3n) is 6.01. The van der Waals surface area contributed by atoms with Crippen LogP contribution in [0.2, 0.25) is 0 Å². The molecule has 0 spiro atoms. The number of methoxy groups -OCH3 is 1. The van der Waals surface area contributed by atoms with Gasteiger partial charge in [-0.25, -0.2) is 8.42 Å². The predicted molar refractivity (Wildman–Crippen MR) is 132 cm³/mol. The molecule has 2 fully saturated rings. The van der Waals surface area contributed by atoms with Gasteiger partial charge in [0.15, 0.2) is 11.5 Å². The minimum absolute atomic E-state index is 0.0832. The van der Waals surface area contributed by atoms with Crippen molar-refractivity contribution in [2.24, 2.45) is 16.6 Å². The van der Waals surface area contributed by atoms with Gasteiger partial charge in [-0.05, 0) is 30.9 Å². The molecule has 1 saturated carbocycles. The molecule has 204 valence electrons. The molecule has 1 saturated heterocycles. The zero-order chi connectivity index (χ0) is 27.4. The number of sulfonamides is 1. The Hall–Kier alpha value is -3.26. The number of amides is 2. The molecular weight excluding hydrogens is 512 g/mol. The standard InChI is InChI=1S/C23H31F2N5O6S/c1-27-18(13-17(26)15-7-8-15)21(31)28-14-16-5-4-6-19(20(16)35-2)36-23(24,25)22(32)29-9-11-30(12-10-29)37(3,33)34/h4-6,13,15H,7-12,14,26H2,1-3H3,(H,28,31)/b17-13-,27-18?. The number of benzene rings is 1. The van der Waals surface area contributed by atoms with Gasteiger partial charge < -0.3 is 25.4 Å². The first-order valence-corrected chi connectivity index (χ1v) is 13.4. The number of piperazine rings is 1. The van der Waals surface area contributed by atoms with Crippen molar-refractivity contribution in [3.8, 4) is 11.5 Å². The number of rotatable bonds is 10. The van der Waals surface area contributed by atoms with Crippen LogP contribution >= 0.6 is 0 Å². The lowest BCUT2D eigenvalue weighted by atomic mass is 10.1. The first-order valence-electron chi connectivity index (χ1n) is 11.6. The van der Waals surface area contributed by atoms with E-state index < -0.39 is 33.7 Å². The van der Waals surface area contributed by atoms with Crippen molar-refractivity contribution in [3.05, 3.63) is 35.5 Å². The first-order chi connectivity index (χ1) is 17.4. The molecule has 1 aromatic carbocycles. The van der Waals surface area contributed by atoms with Gasteiger partial charge in [0.05, 0.1) is 13.4 Å². The van der Waals surface area contributed by atoms with Gasteiger partial charge in [0, 0.05) is 51.0 Å². The van der Waals surface area contributed by atoms with E-state index in [1.165, 1.54) is 32.4 Å². The number of nitrogens with zero attached hydrogens (tertiary/aromatic N) is 3. The Kier molecular flexibility index (Phi) is 8.74. The quantitative estimate of drug-likeness (QED) is 0.414. The van der Waals surface area contributed by atoms with Crippen LogP contribution in [0.3, 0.4) is 0 Å². The number of carbonyl (C=O) groups excluding carboxylic acids is 2. The highest BCUT2D eigenvalue weighted by Gasteiger charge is 2.47. The number of alkyl halides is 2. The van der Waals surface area contributed by atoms with Crippen LogP contribution in [0.25, 0.3) is 0 Å². The van der Waals surface area contributed by atoms with Gasteiger partial charge in [-0.3, -0.25) is 14.6 Å². The molecule has 0 aromatic heterocycles. The molecule has 1 aliphatic heterocycles. The summed E-state index contributed by atoms with van der Waals surface area (Å²) < 4.78 is 64.0. The van der Waals surface area contributed by atoms with E-state index in [1.807, 2.05) is 0 Å². The van der Waals surface area contributed by atoms with Gasteiger partial charge in [-0.15, -0.1) is 0 Å². The van der Waals surface area contributed by atoms with Crippen LogP contribution in [-0.2, 0) is 26.2 Å². The van der Waals surface area contributed by atoms with E-state index in [9.17, 15) is 26.8 Å². The van der Waals surface area contributed by atoms with Gasteiger partial charge in [0.2, 0.25) is 10.0 Å². The van der Waals surface area contributed by atoms with E-state index in [0.29, 0.717) is 11.3 Å². The molecule has 0 unspecified atom stereocenters. The molecule has 11 nitrogen and oxygen atoms in total. The molecule has 1 aliphatic carbocycles. The first kappa shape index (κ1) is 28.3. The molecule has 1 aromatic rings. The highest BCUT2D eigenvalue weighted by atomic mass is 32.2. The Bertz CT molecular complexity index is 1190. The number of nitrogens with two attached hydrogens (primary N) is 1. The van der Waals surface area contributed by atoms with Gasteiger partial charge in [-0.1, -0.05) is 12.1 Å². The molecule has 0 atom stereocenters. The van der Waals surface area contributed by atoms with Crippen LogP contribution in [0.1, 0.15) is 18.4 Å². The molecular formula is C23H31F2N5O6S. The normalized spacial score (nSPS) is 17.9. The Labute approximate surface area is 214 Å². The molecule has 0 radical (unpaired) electrons. The number of allylic oxidation sites excluding steroid dienone is 1. The Morgan fingerprint density at radius 2 is 1.89 bits per heavy atom. The second-order valence-electron chi connectivity index (χ2n) is 8.73. The fraction of sp³-hybridized carbons (Fsp3) is 0.522. The lowest BCUT2D eigenvalue weighted by Gasteiger charge is -2.34. The van der Waals surface area contributed by atoms with Crippen molar-refractivity contribution < 1.29 is 36.3 Å². The summed E-state index contributed by atoms with van der Waals surface area (Å²) in [5, 5.41) is 2.65. The third kappa shape index (κ3) is 7.16. The zero-order valence-electron chi connectivity index (χ0n) is 20.9. The Morgan fingerprint density at radius 1 is 1.24 bits per heavy atom. The number of ether oxygens (including phenoxy) is 2. The zero-order valence-corrected chi connectivity index (χ0v) is 21.7. The van der Waals surface area contributed by atoms with Crippen molar-refractivity contribution in [3.63, 3.8) is 0 Å². The Morgan fingerprint density at radius 3 is 2.43 bits per heavy atom. The maximum absolute atomic E-state index is 14.8. The van der Waals surface area contributed by atoms with E-state index in [-0.39, 0.29) is 50.1 Å². The third-order valence-corrected chi connectivity index (χ3v) is 7.31. The van der Waals surface area contributed by atoms with Gasteiger partial charge in [0.1, 0.15) is 5.71 Å². The lowest BCUT2D eigenvalue weighted by Crippen LogP contribution is -2.55. The molecule has 3 rings (SSSR count). The fourth-order valence-corrected chi connectivity index (χ4v) is 4.62. The van der Waals surface area contributed by atoms with Crippen molar-refractivity contribution in [1.82, 2.24) is 14.5 Å². The summed E-state index contributed by atoms with van der Waals surface area (Å²) in [5.74, 6) is -2.32. The van der Waals surface area contributed by atoms with Crippen LogP contribution in [0.15, 0.2) is 35.0 Å². The van der Waals surface area contributed by atoms with Crippen LogP contribution in [0, 0.1) is 5.92 Å². The highest BCUT2D eigenvalue weighted by molar-refractivity contribution is 7.88. The van der Waals surface area contributed by atoms with Gasteiger partial charge in [0.25, 0.3) is 5.91 Å². The van der Waals surface area contributed by atoms with E-state index in [2.05, 4.69) is 10.3 Å². The van der Waals surface area contributed by atoms with Crippen LogP contribution in [-0.4, -0.2) is 87.8 Å². The molecule has 3 N–H and O–H groups in total. The summed E-state index contributed by atoms with van der Waals surface area (Å²) in [6.07, 6.45) is 0.227. The van der Waals surface area contributed by atoms with E-state index in [1.54, 1.807) is 6.07 Å². The summed E-state index contributed by atoms with van der Waals surface area (Å²) in [6.45, 7) is -0.681. The molecule has 0 bridgehead atoms. The SMILES string of the molecule is CN=C(/C=C(\N)C1CC1)C(=O)NCc1cccc(OC(F)(F)C(=O)N2CCN(S(C)(=O)=O)CC2)c1OC. The van der Waals surface area contributed by atoms with Gasteiger partial charge >= 0.3 is 12.0 Å². The topological polar surface area (TPSA) is 144 Å². The summed E-state index contributed by atoms with van der Waals surface area (Å²) in [6, 6.07) is 4.18. The predicted octanol–water partition coefficient (Wildman–Crippen LogP) is 0.710. The van der Waals surface area contributed by atoms with Crippen LogP contribution in [0.5, 0.6) is 11.5 Å². The number of para-hydroxylation sites is 1. The van der Waals surface area contributed by atoms with E-state index in [4.69, 9.17) is 15.2 Å². The maximum Gasteiger partial charge on any atom is 0.482 e. The molecule has 1 heterocycles. The summed E-state index contributed by atoms with van der Waals surface area (Å²) in [5.41, 5.74) is 6.99.